The van der Waals surface area contributed by atoms with Gasteiger partial charge in [-0.1, -0.05) is 18.2 Å². The summed E-state index contributed by atoms with van der Waals surface area (Å²) >= 11 is 0. The van der Waals surface area contributed by atoms with Crippen LogP contribution in [-0.4, -0.2) is 25.3 Å². The lowest BCUT2D eigenvalue weighted by Gasteiger charge is -2.14. The van der Waals surface area contributed by atoms with Crippen molar-refractivity contribution in [1.29, 1.82) is 0 Å². The number of rotatable bonds is 5. The van der Waals surface area contributed by atoms with E-state index in [1.165, 1.54) is 0 Å². The minimum atomic E-state index is -0.511. The Hall–Kier alpha value is -1.06. The molecule has 0 saturated carbocycles. The zero-order valence-corrected chi connectivity index (χ0v) is 8.66. The van der Waals surface area contributed by atoms with Crippen LogP contribution in [0.25, 0.3) is 0 Å². The number of aliphatic hydroxyl groups is 1. The van der Waals surface area contributed by atoms with Gasteiger partial charge in [0.1, 0.15) is 5.75 Å². The van der Waals surface area contributed by atoms with Crippen LogP contribution in [0, 0.1) is 0 Å². The Bertz CT molecular complexity index is 276. The number of likely N-dealkylation sites (N-methyl/N-ethyl adjacent to an activating group) is 1. The molecule has 0 spiro atoms. The molecule has 14 heavy (non-hydrogen) atoms. The predicted molar refractivity (Wildman–Crippen MR) is 56.5 cm³/mol. The Kier molecular flexibility index (Phi) is 4.43. The van der Waals surface area contributed by atoms with E-state index in [1.54, 1.807) is 0 Å². The van der Waals surface area contributed by atoms with E-state index >= 15 is 0 Å². The Morgan fingerprint density at radius 2 is 2.14 bits per heavy atom. The molecule has 0 radical (unpaired) electrons. The van der Waals surface area contributed by atoms with Crippen LogP contribution in [0.5, 0.6) is 5.75 Å². The summed E-state index contributed by atoms with van der Waals surface area (Å²) in [7, 11) is 1.81. The molecule has 1 rings (SSSR count). The van der Waals surface area contributed by atoms with Crippen LogP contribution >= 0.6 is 0 Å². The SMILES string of the molecule is CCOc1ccccc1C(O)CNC. The predicted octanol–water partition coefficient (Wildman–Crippen LogP) is 1.34. The second kappa shape index (κ2) is 5.62. The van der Waals surface area contributed by atoms with Crippen molar-refractivity contribution in [2.75, 3.05) is 20.2 Å². The largest absolute Gasteiger partial charge is 0.493 e. The summed E-state index contributed by atoms with van der Waals surface area (Å²) in [5.74, 6) is 0.762. The van der Waals surface area contributed by atoms with Crippen molar-refractivity contribution in [3.05, 3.63) is 29.8 Å². The van der Waals surface area contributed by atoms with Crippen LogP contribution in [0.2, 0.25) is 0 Å². The van der Waals surface area contributed by atoms with E-state index in [-0.39, 0.29) is 0 Å². The van der Waals surface area contributed by atoms with Crippen molar-refractivity contribution in [1.82, 2.24) is 5.32 Å². The lowest BCUT2D eigenvalue weighted by molar-refractivity contribution is 0.172. The maximum Gasteiger partial charge on any atom is 0.125 e. The van der Waals surface area contributed by atoms with Gasteiger partial charge < -0.3 is 15.2 Å². The summed E-state index contributed by atoms with van der Waals surface area (Å²) in [6, 6.07) is 7.56. The summed E-state index contributed by atoms with van der Waals surface area (Å²) < 4.78 is 5.42. The summed E-state index contributed by atoms with van der Waals surface area (Å²) in [5.41, 5.74) is 0.837. The fraction of sp³-hybridized carbons (Fsp3) is 0.455. The van der Waals surface area contributed by atoms with E-state index in [2.05, 4.69) is 5.32 Å². The first kappa shape index (κ1) is 11.0. The third kappa shape index (κ3) is 2.72. The summed E-state index contributed by atoms with van der Waals surface area (Å²) in [4.78, 5) is 0. The smallest absolute Gasteiger partial charge is 0.125 e. The highest BCUT2D eigenvalue weighted by Gasteiger charge is 2.11. The quantitative estimate of drug-likeness (QED) is 0.745. The number of hydrogen-bond donors (Lipinski definition) is 2. The number of ether oxygens (including phenoxy) is 1. The molecular weight excluding hydrogens is 178 g/mol. The van der Waals surface area contributed by atoms with Gasteiger partial charge in [0.05, 0.1) is 12.7 Å². The lowest BCUT2D eigenvalue weighted by Crippen LogP contribution is -2.17. The van der Waals surface area contributed by atoms with Gasteiger partial charge in [-0.3, -0.25) is 0 Å². The number of nitrogens with one attached hydrogen (secondary N) is 1. The Labute approximate surface area is 84.7 Å². The van der Waals surface area contributed by atoms with Crippen molar-refractivity contribution >= 4 is 0 Å². The molecule has 3 nitrogen and oxygen atoms in total. The molecule has 1 atom stereocenters. The first-order valence-electron chi connectivity index (χ1n) is 4.84. The van der Waals surface area contributed by atoms with Crippen molar-refractivity contribution in [2.24, 2.45) is 0 Å². The van der Waals surface area contributed by atoms with E-state index in [0.29, 0.717) is 13.2 Å². The molecule has 0 heterocycles. The lowest BCUT2D eigenvalue weighted by atomic mass is 10.1. The third-order valence-corrected chi connectivity index (χ3v) is 1.98. The minimum absolute atomic E-state index is 0.511. The Morgan fingerprint density at radius 3 is 2.79 bits per heavy atom. The summed E-state index contributed by atoms with van der Waals surface area (Å²) in [6.45, 7) is 3.08. The number of benzene rings is 1. The zero-order chi connectivity index (χ0) is 10.4. The van der Waals surface area contributed by atoms with Gasteiger partial charge in [0, 0.05) is 12.1 Å². The van der Waals surface area contributed by atoms with Gasteiger partial charge in [-0.15, -0.1) is 0 Å². The van der Waals surface area contributed by atoms with Crippen molar-refractivity contribution in [2.45, 2.75) is 13.0 Å². The molecule has 1 aromatic rings. The molecule has 78 valence electrons. The monoisotopic (exact) mass is 195 g/mol. The van der Waals surface area contributed by atoms with Gasteiger partial charge in [0.15, 0.2) is 0 Å². The average molecular weight is 195 g/mol. The van der Waals surface area contributed by atoms with Gasteiger partial charge in [-0.25, -0.2) is 0 Å². The zero-order valence-electron chi connectivity index (χ0n) is 8.66. The number of para-hydroxylation sites is 1. The molecule has 0 amide bonds. The first-order chi connectivity index (χ1) is 6.79. The van der Waals surface area contributed by atoms with Gasteiger partial charge >= 0.3 is 0 Å². The van der Waals surface area contributed by atoms with Crippen LogP contribution < -0.4 is 10.1 Å². The van der Waals surface area contributed by atoms with E-state index in [0.717, 1.165) is 11.3 Å². The normalized spacial score (nSPS) is 12.5. The molecule has 0 aromatic heterocycles. The Balaban J connectivity index is 2.82. The molecule has 1 unspecified atom stereocenters. The standard InChI is InChI=1S/C11H17NO2/c1-3-14-11-7-5-4-6-9(11)10(13)8-12-2/h4-7,10,12-13H,3,8H2,1-2H3. The average Bonchev–Trinajstić information content (AvgIpc) is 2.19. The van der Waals surface area contributed by atoms with Gasteiger partial charge in [-0.2, -0.15) is 0 Å². The molecule has 0 fully saturated rings. The highest BCUT2D eigenvalue weighted by atomic mass is 16.5. The van der Waals surface area contributed by atoms with Crippen LogP contribution in [0.15, 0.2) is 24.3 Å². The minimum Gasteiger partial charge on any atom is -0.493 e. The van der Waals surface area contributed by atoms with Crippen LogP contribution in [0.1, 0.15) is 18.6 Å². The molecule has 0 aliphatic heterocycles. The first-order valence-corrected chi connectivity index (χ1v) is 4.84. The van der Waals surface area contributed by atoms with E-state index in [4.69, 9.17) is 4.74 Å². The summed E-state index contributed by atoms with van der Waals surface area (Å²) in [5, 5.41) is 12.7. The van der Waals surface area contributed by atoms with Gasteiger partial charge in [0.2, 0.25) is 0 Å². The maximum absolute atomic E-state index is 9.79. The molecule has 0 saturated heterocycles. The highest BCUT2D eigenvalue weighted by Crippen LogP contribution is 2.24. The molecule has 1 aromatic carbocycles. The second-order valence-electron chi connectivity index (χ2n) is 3.04. The van der Waals surface area contributed by atoms with E-state index in [1.807, 2.05) is 38.2 Å². The third-order valence-electron chi connectivity index (χ3n) is 1.98. The molecule has 0 aliphatic carbocycles. The topological polar surface area (TPSA) is 41.5 Å². The number of aliphatic hydroxyl groups excluding tert-OH is 1. The van der Waals surface area contributed by atoms with E-state index < -0.39 is 6.10 Å². The van der Waals surface area contributed by atoms with Crippen molar-refractivity contribution < 1.29 is 9.84 Å². The molecule has 0 bridgehead atoms. The number of hydrogen-bond acceptors (Lipinski definition) is 3. The Morgan fingerprint density at radius 1 is 1.43 bits per heavy atom. The highest BCUT2D eigenvalue weighted by molar-refractivity contribution is 5.35. The van der Waals surface area contributed by atoms with E-state index in [9.17, 15) is 5.11 Å². The molecular formula is C11H17NO2. The van der Waals surface area contributed by atoms with Gasteiger partial charge in [-0.05, 0) is 20.0 Å². The molecule has 2 N–H and O–H groups in total. The van der Waals surface area contributed by atoms with Crippen molar-refractivity contribution in [3.63, 3.8) is 0 Å². The fourth-order valence-electron chi connectivity index (χ4n) is 1.35. The van der Waals surface area contributed by atoms with Crippen molar-refractivity contribution in [3.8, 4) is 5.75 Å². The summed E-state index contributed by atoms with van der Waals surface area (Å²) in [6.07, 6.45) is -0.511. The molecule has 0 aliphatic rings. The fourth-order valence-corrected chi connectivity index (χ4v) is 1.35. The van der Waals surface area contributed by atoms with Crippen LogP contribution in [0.3, 0.4) is 0 Å². The van der Waals surface area contributed by atoms with Crippen LogP contribution in [0.4, 0.5) is 0 Å². The second-order valence-corrected chi connectivity index (χ2v) is 3.04. The maximum atomic E-state index is 9.79. The molecule has 3 heteroatoms. The van der Waals surface area contributed by atoms with Crippen LogP contribution in [-0.2, 0) is 0 Å². The van der Waals surface area contributed by atoms with Gasteiger partial charge in [0.25, 0.3) is 0 Å².